The fourth-order valence-electron chi connectivity index (χ4n) is 1.04. The van der Waals surface area contributed by atoms with Crippen molar-refractivity contribution in [2.24, 2.45) is 0 Å². The van der Waals surface area contributed by atoms with Crippen molar-refractivity contribution in [2.75, 3.05) is 19.7 Å². The van der Waals surface area contributed by atoms with Gasteiger partial charge < -0.3 is 10.1 Å². The van der Waals surface area contributed by atoms with Gasteiger partial charge in [0.1, 0.15) is 18.2 Å². The first-order valence-corrected chi connectivity index (χ1v) is 5.53. The maximum Gasteiger partial charge on any atom is 0.401 e. The zero-order chi connectivity index (χ0) is 12.9. The second-order valence-electron chi connectivity index (χ2n) is 3.22. The average molecular weight is 316 g/mol. The lowest BCUT2D eigenvalue weighted by Crippen LogP contribution is -2.31. The van der Waals surface area contributed by atoms with Crippen LogP contribution in [0.1, 0.15) is 0 Å². The van der Waals surface area contributed by atoms with Gasteiger partial charge in [-0.15, -0.1) is 0 Å². The van der Waals surface area contributed by atoms with Gasteiger partial charge in [-0.3, -0.25) is 0 Å². The summed E-state index contributed by atoms with van der Waals surface area (Å²) in [6.07, 6.45) is -4.23. The maximum absolute atomic E-state index is 13.0. The molecule has 0 atom stereocenters. The van der Waals surface area contributed by atoms with Crippen molar-refractivity contribution in [3.8, 4) is 5.75 Å². The van der Waals surface area contributed by atoms with Crippen LogP contribution >= 0.6 is 15.9 Å². The molecule has 7 heteroatoms. The third kappa shape index (κ3) is 5.88. The molecule has 2 nitrogen and oxygen atoms in total. The largest absolute Gasteiger partial charge is 0.492 e. The first kappa shape index (κ1) is 14.2. The van der Waals surface area contributed by atoms with E-state index >= 15 is 0 Å². The molecule has 0 heterocycles. The summed E-state index contributed by atoms with van der Waals surface area (Å²) in [5, 5.41) is 2.17. The predicted octanol–water partition coefficient (Wildman–Crippen LogP) is 3.12. The van der Waals surface area contributed by atoms with Crippen molar-refractivity contribution in [1.29, 1.82) is 0 Å². The van der Waals surface area contributed by atoms with E-state index in [9.17, 15) is 17.6 Å². The molecule has 0 spiro atoms. The van der Waals surface area contributed by atoms with Crippen LogP contribution < -0.4 is 10.1 Å². The van der Waals surface area contributed by atoms with Gasteiger partial charge in [0.15, 0.2) is 0 Å². The lowest BCUT2D eigenvalue weighted by atomic mass is 10.3. The van der Waals surface area contributed by atoms with Crippen LogP contribution in [-0.2, 0) is 0 Å². The smallest absolute Gasteiger partial charge is 0.401 e. The highest BCUT2D eigenvalue weighted by molar-refractivity contribution is 9.10. The Morgan fingerprint density at radius 2 is 2.00 bits per heavy atom. The molecule has 1 aromatic rings. The molecule has 0 saturated carbocycles. The first-order valence-electron chi connectivity index (χ1n) is 4.74. The quantitative estimate of drug-likeness (QED) is 0.666. The third-order valence-electron chi connectivity index (χ3n) is 1.76. The van der Waals surface area contributed by atoms with E-state index in [1.54, 1.807) is 0 Å². The molecule has 0 amide bonds. The summed E-state index contributed by atoms with van der Waals surface area (Å²) in [7, 11) is 0. The van der Waals surface area contributed by atoms with E-state index in [2.05, 4.69) is 21.2 Å². The average Bonchev–Trinajstić information content (AvgIpc) is 2.21. The molecular formula is C10H10BrF4NO. The number of benzene rings is 1. The van der Waals surface area contributed by atoms with E-state index in [4.69, 9.17) is 4.74 Å². The Morgan fingerprint density at radius 1 is 1.29 bits per heavy atom. The molecule has 17 heavy (non-hydrogen) atoms. The fourth-order valence-corrected chi connectivity index (χ4v) is 1.28. The van der Waals surface area contributed by atoms with Crippen LogP contribution in [0.25, 0.3) is 0 Å². The van der Waals surface area contributed by atoms with Crippen LogP contribution in [0.3, 0.4) is 0 Å². The Morgan fingerprint density at radius 3 is 2.59 bits per heavy atom. The van der Waals surface area contributed by atoms with Gasteiger partial charge in [-0.1, -0.05) is 0 Å². The number of rotatable bonds is 5. The monoisotopic (exact) mass is 315 g/mol. The molecule has 96 valence electrons. The maximum atomic E-state index is 13.0. The van der Waals surface area contributed by atoms with E-state index in [-0.39, 0.29) is 18.9 Å². The standard InChI is InChI=1S/C10H10BrF4NO/c11-8-2-1-7(5-9(8)12)17-4-3-16-6-10(13,14)15/h1-2,5,16H,3-4,6H2. The summed E-state index contributed by atoms with van der Waals surface area (Å²) in [5.74, 6) is -0.203. The molecule has 1 aromatic carbocycles. The number of nitrogens with one attached hydrogen (secondary N) is 1. The van der Waals surface area contributed by atoms with Crippen molar-refractivity contribution >= 4 is 15.9 Å². The molecule has 0 fully saturated rings. The molecule has 1 N–H and O–H groups in total. The fraction of sp³-hybridized carbons (Fsp3) is 0.400. The zero-order valence-corrected chi connectivity index (χ0v) is 10.2. The third-order valence-corrected chi connectivity index (χ3v) is 2.41. The second-order valence-corrected chi connectivity index (χ2v) is 4.07. The molecule has 0 bridgehead atoms. The van der Waals surface area contributed by atoms with Gasteiger partial charge in [0.2, 0.25) is 0 Å². The van der Waals surface area contributed by atoms with E-state index in [1.165, 1.54) is 12.1 Å². The number of hydrogen-bond donors (Lipinski definition) is 1. The molecular weight excluding hydrogens is 306 g/mol. The second kappa shape index (κ2) is 6.20. The predicted molar refractivity (Wildman–Crippen MR) is 58.5 cm³/mol. The van der Waals surface area contributed by atoms with E-state index in [0.717, 1.165) is 6.07 Å². The van der Waals surface area contributed by atoms with Crippen molar-refractivity contribution < 1.29 is 22.3 Å². The summed E-state index contributed by atoms with van der Waals surface area (Å²) >= 11 is 2.98. The Hall–Kier alpha value is -0.820. The summed E-state index contributed by atoms with van der Waals surface area (Å²) in [4.78, 5) is 0. The van der Waals surface area contributed by atoms with Crippen LogP contribution in [0.15, 0.2) is 22.7 Å². The lowest BCUT2D eigenvalue weighted by Gasteiger charge is -2.09. The number of hydrogen-bond acceptors (Lipinski definition) is 2. The van der Waals surface area contributed by atoms with E-state index in [0.29, 0.717) is 4.47 Å². The summed E-state index contributed by atoms with van der Waals surface area (Å²) in [6.45, 7) is -0.987. The van der Waals surface area contributed by atoms with Gasteiger partial charge in [0.25, 0.3) is 0 Å². The minimum atomic E-state index is -4.23. The van der Waals surface area contributed by atoms with E-state index in [1.807, 2.05) is 0 Å². The van der Waals surface area contributed by atoms with Crippen LogP contribution in [0, 0.1) is 5.82 Å². The minimum absolute atomic E-state index is 0.0388. The van der Waals surface area contributed by atoms with Gasteiger partial charge in [-0.05, 0) is 28.1 Å². The van der Waals surface area contributed by atoms with Gasteiger partial charge >= 0.3 is 6.18 Å². The zero-order valence-electron chi connectivity index (χ0n) is 8.65. The van der Waals surface area contributed by atoms with Crippen LogP contribution in [0.2, 0.25) is 0 Å². The molecule has 0 aliphatic carbocycles. The van der Waals surface area contributed by atoms with Gasteiger partial charge in [0, 0.05) is 12.6 Å². The van der Waals surface area contributed by atoms with Crippen LogP contribution in [-0.4, -0.2) is 25.9 Å². The number of alkyl halides is 3. The Kier molecular flexibility index (Phi) is 5.20. The first-order chi connectivity index (χ1) is 7.88. The highest BCUT2D eigenvalue weighted by Crippen LogP contribution is 2.20. The Balaban J connectivity index is 2.25. The highest BCUT2D eigenvalue weighted by atomic mass is 79.9. The van der Waals surface area contributed by atoms with Crippen molar-refractivity contribution in [1.82, 2.24) is 5.32 Å². The molecule has 0 aromatic heterocycles. The van der Waals surface area contributed by atoms with Gasteiger partial charge in [-0.2, -0.15) is 13.2 Å². The molecule has 0 unspecified atom stereocenters. The number of halogens is 5. The topological polar surface area (TPSA) is 21.3 Å². The van der Waals surface area contributed by atoms with Crippen molar-refractivity contribution in [3.05, 3.63) is 28.5 Å². The summed E-state index contributed by atoms with van der Waals surface area (Å²) in [5.41, 5.74) is 0. The SMILES string of the molecule is Fc1cc(OCCNCC(F)(F)F)ccc1Br. The van der Waals surface area contributed by atoms with Gasteiger partial charge in [-0.25, -0.2) is 4.39 Å². The normalized spacial score (nSPS) is 11.6. The van der Waals surface area contributed by atoms with Gasteiger partial charge in [0.05, 0.1) is 11.0 Å². The molecule has 1 rings (SSSR count). The molecule has 0 radical (unpaired) electrons. The lowest BCUT2D eigenvalue weighted by molar-refractivity contribution is -0.124. The molecule has 0 aliphatic heterocycles. The number of ether oxygens (including phenoxy) is 1. The minimum Gasteiger partial charge on any atom is -0.492 e. The van der Waals surface area contributed by atoms with Crippen LogP contribution in [0.5, 0.6) is 5.75 Å². The van der Waals surface area contributed by atoms with Crippen LogP contribution in [0.4, 0.5) is 17.6 Å². The van der Waals surface area contributed by atoms with Crippen molar-refractivity contribution in [2.45, 2.75) is 6.18 Å². The Bertz CT molecular complexity index is 370. The molecule has 0 saturated heterocycles. The highest BCUT2D eigenvalue weighted by Gasteiger charge is 2.25. The summed E-state index contributed by atoms with van der Waals surface area (Å²) < 4.78 is 53.6. The molecule has 0 aliphatic rings. The summed E-state index contributed by atoms with van der Waals surface area (Å²) in [6, 6.07) is 4.15. The van der Waals surface area contributed by atoms with E-state index < -0.39 is 18.5 Å². The Labute approximate surface area is 104 Å². The van der Waals surface area contributed by atoms with Crippen molar-refractivity contribution in [3.63, 3.8) is 0 Å².